The first-order valence-corrected chi connectivity index (χ1v) is 8.70. The number of methoxy groups -OCH3 is 1. The second-order valence-electron chi connectivity index (χ2n) is 5.96. The summed E-state index contributed by atoms with van der Waals surface area (Å²) in [5, 5.41) is 8.82. The van der Waals surface area contributed by atoms with E-state index in [-0.39, 0.29) is 18.2 Å². The number of carbonyl (C=O) groups is 1. The van der Waals surface area contributed by atoms with E-state index in [9.17, 15) is 9.18 Å². The highest BCUT2D eigenvalue weighted by molar-refractivity contribution is 9.10. The first-order chi connectivity index (χ1) is 11.9. The normalized spacial score (nSPS) is 13.3. The van der Waals surface area contributed by atoms with Crippen LogP contribution in [0.25, 0.3) is 0 Å². The lowest BCUT2D eigenvalue weighted by molar-refractivity contribution is -0.132. The second kappa shape index (κ2) is 9.08. The molecule has 0 heterocycles. The van der Waals surface area contributed by atoms with Crippen LogP contribution >= 0.6 is 15.9 Å². The van der Waals surface area contributed by atoms with E-state index in [1.165, 1.54) is 13.2 Å². The molecule has 0 bridgehead atoms. The molecule has 0 radical (unpaired) electrons. The Kier molecular flexibility index (Phi) is 7.11. The molecule has 0 aliphatic heterocycles. The van der Waals surface area contributed by atoms with Crippen LogP contribution in [-0.2, 0) is 16.0 Å². The summed E-state index contributed by atoms with van der Waals surface area (Å²) in [6.07, 6.45) is 0.173. The number of halogens is 2. The molecule has 2 N–H and O–H groups in total. The summed E-state index contributed by atoms with van der Waals surface area (Å²) in [7, 11) is 1.54. The molecule has 0 spiro atoms. The first-order valence-electron chi connectivity index (χ1n) is 7.90. The summed E-state index contributed by atoms with van der Waals surface area (Å²) in [5.74, 6) is -0.878. The maximum absolute atomic E-state index is 13.5. The monoisotopic (exact) mass is 409 g/mol. The number of ether oxygens (including phenoxy) is 1. The van der Waals surface area contributed by atoms with Gasteiger partial charge in [-0.25, -0.2) is 9.87 Å². The highest BCUT2D eigenvalue weighted by Crippen LogP contribution is 2.29. The van der Waals surface area contributed by atoms with Gasteiger partial charge in [0.1, 0.15) is 5.82 Å². The van der Waals surface area contributed by atoms with E-state index < -0.39 is 12.0 Å². The van der Waals surface area contributed by atoms with Crippen LogP contribution in [0.2, 0.25) is 0 Å². The van der Waals surface area contributed by atoms with Crippen molar-refractivity contribution in [1.29, 1.82) is 0 Å². The van der Waals surface area contributed by atoms with E-state index in [1.807, 2.05) is 24.3 Å². The van der Waals surface area contributed by atoms with Crippen LogP contribution in [0.1, 0.15) is 29.0 Å². The summed E-state index contributed by atoms with van der Waals surface area (Å²) in [4.78, 5) is 11.6. The van der Waals surface area contributed by atoms with Crippen molar-refractivity contribution >= 4 is 21.8 Å². The van der Waals surface area contributed by atoms with Crippen molar-refractivity contribution in [2.24, 2.45) is 0 Å². The molecule has 4 nitrogen and oxygen atoms in total. The first kappa shape index (κ1) is 19.6. The van der Waals surface area contributed by atoms with Crippen molar-refractivity contribution in [3.05, 3.63) is 69.4 Å². The standard InChI is InChI=1S/C19H21BrFNO3/c1-12-9-13(3-8-17(12)21)10-16(14-4-6-15(20)7-5-14)18(25-2)11-19(23)22-24/h3-9,16,18,24H,10-11H2,1-2H3,(H,22,23). The Balaban J connectivity index is 2.34. The molecule has 0 aromatic heterocycles. The molecular weight excluding hydrogens is 389 g/mol. The minimum Gasteiger partial charge on any atom is -0.380 e. The van der Waals surface area contributed by atoms with Gasteiger partial charge in [-0.3, -0.25) is 10.0 Å². The number of carbonyl (C=O) groups excluding carboxylic acids is 1. The summed E-state index contributed by atoms with van der Waals surface area (Å²) >= 11 is 3.41. The highest BCUT2D eigenvalue weighted by Gasteiger charge is 2.26. The average molecular weight is 410 g/mol. The second-order valence-corrected chi connectivity index (χ2v) is 6.87. The van der Waals surface area contributed by atoms with E-state index in [0.717, 1.165) is 15.6 Å². The van der Waals surface area contributed by atoms with E-state index in [2.05, 4.69) is 15.9 Å². The van der Waals surface area contributed by atoms with Crippen molar-refractivity contribution in [3.63, 3.8) is 0 Å². The zero-order valence-corrected chi connectivity index (χ0v) is 15.7. The maximum atomic E-state index is 13.5. The zero-order valence-electron chi connectivity index (χ0n) is 14.1. The lowest BCUT2D eigenvalue weighted by atomic mass is 9.85. The fraction of sp³-hybridized carbons (Fsp3) is 0.316. The van der Waals surface area contributed by atoms with Gasteiger partial charge in [-0.15, -0.1) is 0 Å². The fourth-order valence-corrected chi connectivity index (χ4v) is 3.14. The Hall–Kier alpha value is -1.76. The molecule has 134 valence electrons. The van der Waals surface area contributed by atoms with Crippen LogP contribution in [0.3, 0.4) is 0 Å². The number of benzene rings is 2. The van der Waals surface area contributed by atoms with Gasteiger partial charge in [0.25, 0.3) is 0 Å². The van der Waals surface area contributed by atoms with Gasteiger partial charge in [0, 0.05) is 17.5 Å². The minimum atomic E-state index is -0.510. The van der Waals surface area contributed by atoms with Crippen molar-refractivity contribution < 1.29 is 19.1 Å². The third-order valence-electron chi connectivity index (χ3n) is 4.24. The van der Waals surface area contributed by atoms with Crippen LogP contribution < -0.4 is 5.48 Å². The quantitative estimate of drug-likeness (QED) is 0.533. The van der Waals surface area contributed by atoms with Crippen molar-refractivity contribution in [3.8, 4) is 0 Å². The van der Waals surface area contributed by atoms with Crippen LogP contribution in [0.15, 0.2) is 46.9 Å². The van der Waals surface area contributed by atoms with Crippen LogP contribution in [0.4, 0.5) is 4.39 Å². The molecule has 0 aliphatic carbocycles. The Morgan fingerprint density at radius 1 is 1.28 bits per heavy atom. The summed E-state index contributed by atoms with van der Waals surface area (Å²) in [6.45, 7) is 1.72. The van der Waals surface area contributed by atoms with Gasteiger partial charge in [0.2, 0.25) is 5.91 Å². The van der Waals surface area contributed by atoms with Crippen LogP contribution in [0.5, 0.6) is 0 Å². The smallest absolute Gasteiger partial charge is 0.245 e. The number of hydrogen-bond acceptors (Lipinski definition) is 3. The number of hydrogen-bond donors (Lipinski definition) is 2. The van der Waals surface area contributed by atoms with Gasteiger partial charge < -0.3 is 4.74 Å². The topological polar surface area (TPSA) is 58.6 Å². The van der Waals surface area contributed by atoms with Gasteiger partial charge in [0.15, 0.2) is 0 Å². The molecule has 0 saturated carbocycles. The zero-order chi connectivity index (χ0) is 18.4. The number of aryl methyl sites for hydroxylation is 1. The number of amides is 1. The van der Waals surface area contributed by atoms with E-state index in [0.29, 0.717) is 12.0 Å². The molecule has 0 aliphatic rings. The summed E-state index contributed by atoms with van der Waals surface area (Å²) in [6, 6.07) is 12.8. The maximum Gasteiger partial charge on any atom is 0.245 e. The molecule has 0 fully saturated rings. The van der Waals surface area contributed by atoms with E-state index in [1.54, 1.807) is 24.5 Å². The largest absolute Gasteiger partial charge is 0.380 e. The van der Waals surface area contributed by atoms with Gasteiger partial charge >= 0.3 is 0 Å². The fourth-order valence-electron chi connectivity index (χ4n) is 2.88. The lowest BCUT2D eigenvalue weighted by Crippen LogP contribution is -2.31. The Bertz CT molecular complexity index is 721. The van der Waals surface area contributed by atoms with Crippen LogP contribution in [0, 0.1) is 12.7 Å². The summed E-state index contributed by atoms with van der Waals surface area (Å²) < 4.78 is 20.0. The summed E-state index contributed by atoms with van der Waals surface area (Å²) in [5.41, 5.74) is 4.19. The van der Waals surface area contributed by atoms with Gasteiger partial charge in [-0.2, -0.15) is 0 Å². The molecule has 6 heteroatoms. The highest BCUT2D eigenvalue weighted by atomic mass is 79.9. The lowest BCUT2D eigenvalue weighted by Gasteiger charge is -2.26. The van der Waals surface area contributed by atoms with Crippen molar-refractivity contribution in [2.45, 2.75) is 31.8 Å². The molecule has 2 unspecified atom stereocenters. The molecule has 2 aromatic rings. The van der Waals surface area contributed by atoms with Crippen molar-refractivity contribution in [2.75, 3.05) is 7.11 Å². The van der Waals surface area contributed by atoms with E-state index in [4.69, 9.17) is 9.94 Å². The Morgan fingerprint density at radius 3 is 2.52 bits per heavy atom. The molecule has 25 heavy (non-hydrogen) atoms. The molecule has 2 atom stereocenters. The number of hydroxylamine groups is 1. The third-order valence-corrected chi connectivity index (χ3v) is 4.77. The van der Waals surface area contributed by atoms with Gasteiger partial charge in [0.05, 0.1) is 12.5 Å². The van der Waals surface area contributed by atoms with Gasteiger partial charge in [-0.05, 0) is 48.2 Å². The Labute approximate surface area is 155 Å². The predicted molar refractivity (Wildman–Crippen MR) is 97.1 cm³/mol. The third kappa shape index (κ3) is 5.36. The molecular formula is C19H21BrFNO3. The van der Waals surface area contributed by atoms with Crippen molar-refractivity contribution in [1.82, 2.24) is 5.48 Å². The predicted octanol–water partition coefficient (Wildman–Crippen LogP) is 4.13. The number of rotatable bonds is 7. The van der Waals surface area contributed by atoms with E-state index >= 15 is 0 Å². The van der Waals surface area contributed by atoms with Gasteiger partial charge in [-0.1, -0.05) is 40.2 Å². The SMILES string of the molecule is COC(CC(=O)NO)C(Cc1ccc(F)c(C)c1)c1ccc(Br)cc1. The molecule has 0 saturated heterocycles. The Morgan fingerprint density at radius 2 is 1.96 bits per heavy atom. The average Bonchev–Trinajstić information content (AvgIpc) is 2.61. The minimum absolute atomic E-state index is 0.0217. The molecule has 2 aromatic carbocycles. The number of nitrogens with one attached hydrogen (secondary N) is 1. The molecule has 2 rings (SSSR count). The molecule has 1 amide bonds. The van der Waals surface area contributed by atoms with Crippen LogP contribution in [-0.4, -0.2) is 24.3 Å².